The highest BCUT2D eigenvalue weighted by molar-refractivity contribution is 5.89. The molecule has 1 saturated heterocycles. The minimum Gasteiger partial charge on any atom is -0.324 e. The number of nitrogens with zero attached hydrogens (tertiary/aromatic N) is 5. The first-order valence-corrected chi connectivity index (χ1v) is 8.93. The number of aromatic nitrogens is 4. The Labute approximate surface area is 160 Å². The Morgan fingerprint density at radius 1 is 1.18 bits per heavy atom. The van der Waals surface area contributed by atoms with E-state index in [1.165, 1.54) is 16.9 Å². The third kappa shape index (κ3) is 3.83. The number of carbonyl (C=O) groups is 1. The molecule has 9 heteroatoms. The van der Waals surface area contributed by atoms with Gasteiger partial charge in [0, 0.05) is 31.4 Å². The normalized spacial score (nSPS) is 16.8. The summed E-state index contributed by atoms with van der Waals surface area (Å²) in [6, 6.07) is 5.36. The van der Waals surface area contributed by atoms with E-state index in [9.17, 15) is 13.6 Å². The topological polar surface area (TPSA) is 75.9 Å². The lowest BCUT2D eigenvalue weighted by Gasteiger charge is -2.33. The second kappa shape index (κ2) is 7.71. The molecule has 3 aromatic rings. The van der Waals surface area contributed by atoms with E-state index in [2.05, 4.69) is 20.4 Å². The predicted octanol–water partition coefficient (Wildman–Crippen LogP) is 3.35. The molecule has 2 amide bonds. The molecule has 0 bridgehead atoms. The average molecular weight is 384 g/mol. The van der Waals surface area contributed by atoms with Crippen LogP contribution in [0.25, 0.3) is 5.95 Å². The van der Waals surface area contributed by atoms with Crippen molar-refractivity contribution in [3.05, 3.63) is 66.3 Å². The van der Waals surface area contributed by atoms with Gasteiger partial charge in [0.2, 0.25) is 5.95 Å². The van der Waals surface area contributed by atoms with Gasteiger partial charge in [-0.3, -0.25) is 0 Å². The monoisotopic (exact) mass is 384 g/mol. The van der Waals surface area contributed by atoms with Gasteiger partial charge in [0.25, 0.3) is 0 Å². The fraction of sp³-hybridized carbons (Fsp3) is 0.263. The van der Waals surface area contributed by atoms with Gasteiger partial charge < -0.3 is 10.2 Å². The van der Waals surface area contributed by atoms with Gasteiger partial charge in [-0.15, -0.1) is 0 Å². The van der Waals surface area contributed by atoms with Crippen molar-refractivity contribution in [3.63, 3.8) is 0 Å². The SMILES string of the molecule is O=C(Nc1cnn(-c2ncccn2)c1)N1CCCC(c2ccc(F)c(F)c2)C1. The number of hydrogen-bond acceptors (Lipinski definition) is 4. The van der Waals surface area contributed by atoms with Crippen molar-refractivity contribution >= 4 is 11.7 Å². The van der Waals surface area contributed by atoms with Crippen LogP contribution >= 0.6 is 0 Å². The number of benzene rings is 1. The lowest BCUT2D eigenvalue weighted by Crippen LogP contribution is -2.41. The van der Waals surface area contributed by atoms with Gasteiger partial charge >= 0.3 is 6.03 Å². The summed E-state index contributed by atoms with van der Waals surface area (Å²) in [4.78, 5) is 22.5. The molecule has 1 aliphatic rings. The Morgan fingerprint density at radius 3 is 2.79 bits per heavy atom. The highest BCUT2D eigenvalue weighted by Crippen LogP contribution is 2.28. The number of halogens is 2. The highest BCUT2D eigenvalue weighted by atomic mass is 19.2. The molecule has 144 valence electrons. The molecule has 1 aliphatic heterocycles. The van der Waals surface area contributed by atoms with E-state index < -0.39 is 11.6 Å². The number of amides is 2. The van der Waals surface area contributed by atoms with Crippen LogP contribution in [0.1, 0.15) is 24.3 Å². The van der Waals surface area contributed by atoms with Gasteiger partial charge in [0.05, 0.1) is 18.1 Å². The number of nitrogens with one attached hydrogen (secondary N) is 1. The summed E-state index contributed by atoms with van der Waals surface area (Å²) in [6.07, 6.45) is 7.96. The third-order valence-electron chi connectivity index (χ3n) is 4.71. The van der Waals surface area contributed by atoms with Crippen LogP contribution in [0.15, 0.2) is 49.1 Å². The second-order valence-corrected chi connectivity index (χ2v) is 6.61. The Bertz CT molecular complexity index is 978. The van der Waals surface area contributed by atoms with Crippen molar-refractivity contribution in [2.24, 2.45) is 0 Å². The first-order valence-electron chi connectivity index (χ1n) is 8.93. The minimum atomic E-state index is -0.867. The van der Waals surface area contributed by atoms with Crippen molar-refractivity contribution in [2.45, 2.75) is 18.8 Å². The molecule has 1 aromatic carbocycles. The number of hydrogen-bond donors (Lipinski definition) is 1. The molecule has 4 rings (SSSR count). The molecule has 1 unspecified atom stereocenters. The van der Waals surface area contributed by atoms with Gasteiger partial charge in [-0.2, -0.15) is 5.10 Å². The van der Waals surface area contributed by atoms with E-state index in [4.69, 9.17) is 0 Å². The van der Waals surface area contributed by atoms with Crippen molar-refractivity contribution in [1.82, 2.24) is 24.6 Å². The Morgan fingerprint density at radius 2 is 2.00 bits per heavy atom. The maximum atomic E-state index is 13.5. The maximum Gasteiger partial charge on any atom is 0.321 e. The standard InChI is InChI=1S/C19H18F2N6O/c20-16-5-4-13(9-17(16)21)14-3-1-8-26(11-14)19(28)25-15-10-24-27(12-15)18-22-6-2-7-23-18/h2,4-7,9-10,12,14H,1,3,8,11H2,(H,25,28). The van der Waals surface area contributed by atoms with Crippen molar-refractivity contribution in [2.75, 3.05) is 18.4 Å². The smallest absolute Gasteiger partial charge is 0.321 e. The average Bonchev–Trinajstić information content (AvgIpc) is 3.19. The van der Waals surface area contributed by atoms with E-state index in [1.807, 2.05) is 0 Å². The zero-order valence-corrected chi connectivity index (χ0v) is 14.9. The fourth-order valence-corrected chi connectivity index (χ4v) is 3.31. The van der Waals surface area contributed by atoms with Crippen molar-refractivity contribution in [1.29, 1.82) is 0 Å². The molecule has 1 fully saturated rings. The molecule has 0 spiro atoms. The van der Waals surface area contributed by atoms with Crippen LogP contribution in [0.5, 0.6) is 0 Å². The zero-order valence-electron chi connectivity index (χ0n) is 14.9. The summed E-state index contributed by atoms with van der Waals surface area (Å²) in [5, 5.41) is 6.95. The zero-order chi connectivity index (χ0) is 19.5. The first-order chi connectivity index (χ1) is 13.6. The summed E-state index contributed by atoms with van der Waals surface area (Å²) in [6.45, 7) is 1.04. The van der Waals surface area contributed by atoms with Gasteiger partial charge in [0.15, 0.2) is 11.6 Å². The van der Waals surface area contributed by atoms with E-state index in [-0.39, 0.29) is 11.9 Å². The fourth-order valence-electron chi connectivity index (χ4n) is 3.31. The van der Waals surface area contributed by atoms with Gasteiger partial charge in [-0.25, -0.2) is 28.2 Å². The van der Waals surface area contributed by atoms with Gasteiger partial charge in [0.1, 0.15) is 0 Å². The molecule has 0 radical (unpaired) electrons. The van der Waals surface area contributed by atoms with Crippen LogP contribution in [0.3, 0.4) is 0 Å². The van der Waals surface area contributed by atoms with Crippen LogP contribution in [-0.2, 0) is 0 Å². The summed E-state index contributed by atoms with van der Waals surface area (Å²) >= 11 is 0. The molecule has 3 heterocycles. The number of piperidine rings is 1. The Kier molecular flexibility index (Phi) is 4.96. The van der Waals surface area contributed by atoms with E-state index >= 15 is 0 Å². The van der Waals surface area contributed by atoms with E-state index in [0.29, 0.717) is 30.3 Å². The molecular weight excluding hydrogens is 366 g/mol. The first kappa shape index (κ1) is 18.0. The Balaban J connectivity index is 1.42. The van der Waals surface area contributed by atoms with Crippen LogP contribution in [-0.4, -0.2) is 43.8 Å². The van der Waals surface area contributed by atoms with E-state index in [0.717, 1.165) is 18.9 Å². The summed E-state index contributed by atoms with van der Waals surface area (Å²) in [7, 11) is 0. The van der Waals surface area contributed by atoms with Crippen LogP contribution < -0.4 is 5.32 Å². The minimum absolute atomic E-state index is 0.0324. The quantitative estimate of drug-likeness (QED) is 0.751. The molecule has 7 nitrogen and oxygen atoms in total. The van der Waals surface area contributed by atoms with Crippen LogP contribution in [0, 0.1) is 11.6 Å². The molecular formula is C19H18F2N6O. The van der Waals surface area contributed by atoms with Crippen LogP contribution in [0.2, 0.25) is 0 Å². The molecule has 0 saturated carbocycles. The largest absolute Gasteiger partial charge is 0.324 e. The second-order valence-electron chi connectivity index (χ2n) is 6.61. The van der Waals surface area contributed by atoms with Crippen molar-refractivity contribution in [3.8, 4) is 5.95 Å². The van der Waals surface area contributed by atoms with Crippen LogP contribution in [0.4, 0.5) is 19.3 Å². The predicted molar refractivity (Wildman–Crippen MR) is 98.1 cm³/mol. The Hall–Kier alpha value is -3.36. The molecule has 2 aromatic heterocycles. The summed E-state index contributed by atoms with van der Waals surface area (Å²) in [5.41, 5.74) is 1.22. The molecule has 1 atom stereocenters. The number of carbonyl (C=O) groups excluding carboxylic acids is 1. The molecule has 0 aliphatic carbocycles. The highest BCUT2D eigenvalue weighted by Gasteiger charge is 2.25. The summed E-state index contributed by atoms with van der Waals surface area (Å²) < 4.78 is 28.2. The third-order valence-corrected chi connectivity index (χ3v) is 4.71. The van der Waals surface area contributed by atoms with E-state index in [1.54, 1.807) is 35.6 Å². The lowest BCUT2D eigenvalue weighted by molar-refractivity contribution is 0.192. The maximum absolute atomic E-state index is 13.5. The van der Waals surface area contributed by atoms with Gasteiger partial charge in [-0.1, -0.05) is 6.07 Å². The number of likely N-dealkylation sites (tertiary alicyclic amines) is 1. The molecule has 1 N–H and O–H groups in total. The van der Waals surface area contributed by atoms with Crippen molar-refractivity contribution < 1.29 is 13.6 Å². The summed E-state index contributed by atoms with van der Waals surface area (Å²) in [5.74, 6) is -1.36. The number of rotatable bonds is 3. The number of anilines is 1. The molecule has 28 heavy (non-hydrogen) atoms. The number of urea groups is 1. The van der Waals surface area contributed by atoms with Gasteiger partial charge in [-0.05, 0) is 36.6 Å². The lowest BCUT2D eigenvalue weighted by atomic mass is 9.90.